The van der Waals surface area contributed by atoms with E-state index < -0.39 is 5.97 Å². The molecule has 0 bridgehead atoms. The first-order valence-corrected chi connectivity index (χ1v) is 6.92. The molecule has 1 aromatic heterocycles. The average molecular weight is 279 g/mol. The molecule has 1 rings (SSSR count). The van der Waals surface area contributed by atoms with Gasteiger partial charge in [-0.1, -0.05) is 13.3 Å². The minimum Gasteiger partial charge on any atom is -0.478 e. The highest BCUT2D eigenvalue weighted by Gasteiger charge is 2.20. The molecule has 0 spiro atoms. The minimum atomic E-state index is -0.917. The smallest absolute Gasteiger partial charge is 0.335 e. The van der Waals surface area contributed by atoms with E-state index in [1.807, 2.05) is 14.1 Å². The lowest BCUT2D eigenvalue weighted by molar-refractivity contribution is 0.0696. The second kappa shape index (κ2) is 6.70. The van der Waals surface area contributed by atoms with Gasteiger partial charge in [-0.25, -0.2) is 9.78 Å². The fraction of sp³-hybridized carbons (Fsp3) is 0.600. The van der Waals surface area contributed by atoms with Crippen molar-refractivity contribution in [2.75, 3.05) is 26.0 Å². The molecule has 0 aliphatic rings. The van der Waals surface area contributed by atoms with Crippen molar-refractivity contribution in [1.29, 1.82) is 0 Å². The van der Waals surface area contributed by atoms with Crippen LogP contribution in [-0.2, 0) is 6.42 Å². The van der Waals surface area contributed by atoms with E-state index in [1.165, 1.54) is 0 Å². The first-order chi connectivity index (χ1) is 9.26. The van der Waals surface area contributed by atoms with Crippen LogP contribution in [0.5, 0.6) is 0 Å². The Kier molecular flexibility index (Phi) is 5.51. The van der Waals surface area contributed by atoms with Crippen molar-refractivity contribution in [2.45, 2.75) is 39.2 Å². The van der Waals surface area contributed by atoms with Crippen molar-refractivity contribution in [3.8, 4) is 0 Å². The number of carbonyl (C=O) groups is 1. The Bertz CT molecular complexity index is 470. The molecule has 20 heavy (non-hydrogen) atoms. The predicted octanol–water partition coefficient (Wildman–Crippen LogP) is 2.48. The Morgan fingerprint density at radius 3 is 2.55 bits per heavy atom. The number of pyridine rings is 1. The van der Waals surface area contributed by atoms with Gasteiger partial charge in [0.15, 0.2) is 0 Å². The molecule has 0 fully saturated rings. The van der Waals surface area contributed by atoms with Crippen LogP contribution in [-0.4, -0.2) is 47.1 Å². The lowest BCUT2D eigenvalue weighted by Crippen LogP contribution is -2.44. The van der Waals surface area contributed by atoms with Crippen molar-refractivity contribution >= 4 is 11.8 Å². The fourth-order valence-corrected chi connectivity index (χ4v) is 1.65. The summed E-state index contributed by atoms with van der Waals surface area (Å²) in [4.78, 5) is 17.7. The van der Waals surface area contributed by atoms with E-state index in [9.17, 15) is 4.79 Å². The maximum absolute atomic E-state index is 11.2. The lowest BCUT2D eigenvalue weighted by atomic mass is 10.0. The van der Waals surface area contributed by atoms with Crippen LogP contribution in [0, 0.1) is 0 Å². The van der Waals surface area contributed by atoms with Gasteiger partial charge in [-0.15, -0.1) is 0 Å². The van der Waals surface area contributed by atoms with Gasteiger partial charge in [0.2, 0.25) is 0 Å². The SMILES string of the molecule is CCCc1cc(C(=O)O)cc(NCC(C)(C)N(C)C)n1. The molecule has 112 valence electrons. The summed E-state index contributed by atoms with van der Waals surface area (Å²) in [7, 11) is 4.04. The summed E-state index contributed by atoms with van der Waals surface area (Å²) < 4.78 is 0. The third kappa shape index (κ3) is 4.49. The van der Waals surface area contributed by atoms with Gasteiger partial charge in [-0.2, -0.15) is 0 Å². The summed E-state index contributed by atoms with van der Waals surface area (Å²) in [5, 5.41) is 12.4. The standard InChI is InChI=1S/C15H25N3O2/c1-6-7-12-8-11(14(19)20)9-13(17-12)16-10-15(2,3)18(4)5/h8-9H,6-7,10H2,1-5H3,(H,16,17)(H,19,20). The zero-order valence-corrected chi connectivity index (χ0v) is 13.0. The summed E-state index contributed by atoms with van der Waals surface area (Å²) in [5.74, 6) is -0.289. The van der Waals surface area contributed by atoms with E-state index in [-0.39, 0.29) is 11.1 Å². The van der Waals surface area contributed by atoms with Gasteiger partial charge >= 0.3 is 5.97 Å². The van der Waals surface area contributed by atoms with E-state index in [1.54, 1.807) is 12.1 Å². The summed E-state index contributed by atoms with van der Waals surface area (Å²) >= 11 is 0. The number of hydrogen-bond acceptors (Lipinski definition) is 4. The van der Waals surface area contributed by atoms with Crippen LogP contribution in [0.3, 0.4) is 0 Å². The molecule has 0 aliphatic heterocycles. The van der Waals surface area contributed by atoms with Crippen LogP contribution >= 0.6 is 0 Å². The number of aryl methyl sites for hydroxylation is 1. The first-order valence-electron chi connectivity index (χ1n) is 6.92. The third-order valence-electron chi connectivity index (χ3n) is 3.54. The number of carboxylic acid groups (broad SMARTS) is 1. The average Bonchev–Trinajstić information content (AvgIpc) is 2.36. The highest BCUT2D eigenvalue weighted by molar-refractivity contribution is 5.88. The molecular weight excluding hydrogens is 254 g/mol. The fourth-order valence-electron chi connectivity index (χ4n) is 1.65. The van der Waals surface area contributed by atoms with E-state index >= 15 is 0 Å². The molecule has 0 saturated carbocycles. The van der Waals surface area contributed by atoms with Crippen molar-refractivity contribution in [1.82, 2.24) is 9.88 Å². The Labute approximate surface area is 121 Å². The maximum Gasteiger partial charge on any atom is 0.335 e. The number of likely N-dealkylation sites (N-methyl/N-ethyl adjacent to an activating group) is 1. The van der Waals surface area contributed by atoms with Crippen molar-refractivity contribution in [2.24, 2.45) is 0 Å². The zero-order valence-electron chi connectivity index (χ0n) is 13.0. The van der Waals surface area contributed by atoms with E-state index in [0.717, 1.165) is 18.5 Å². The Hall–Kier alpha value is -1.62. The summed E-state index contributed by atoms with van der Waals surface area (Å²) in [6.45, 7) is 6.99. The predicted molar refractivity (Wildman–Crippen MR) is 81.4 cm³/mol. The molecule has 0 unspecified atom stereocenters. The third-order valence-corrected chi connectivity index (χ3v) is 3.54. The quantitative estimate of drug-likeness (QED) is 0.802. The minimum absolute atomic E-state index is 0.0359. The Morgan fingerprint density at radius 1 is 1.40 bits per heavy atom. The van der Waals surface area contributed by atoms with E-state index in [4.69, 9.17) is 5.11 Å². The van der Waals surface area contributed by atoms with Gasteiger partial charge in [0.1, 0.15) is 5.82 Å². The van der Waals surface area contributed by atoms with Crippen LogP contribution in [0.4, 0.5) is 5.82 Å². The van der Waals surface area contributed by atoms with Gasteiger partial charge in [-0.05, 0) is 46.5 Å². The number of aromatic carboxylic acids is 1. The highest BCUT2D eigenvalue weighted by atomic mass is 16.4. The Balaban J connectivity index is 2.91. The number of hydrogen-bond donors (Lipinski definition) is 2. The van der Waals surface area contributed by atoms with E-state index in [0.29, 0.717) is 12.4 Å². The largest absolute Gasteiger partial charge is 0.478 e. The number of rotatable bonds is 7. The van der Waals surface area contributed by atoms with Crippen molar-refractivity contribution < 1.29 is 9.90 Å². The maximum atomic E-state index is 11.2. The second-order valence-corrected chi connectivity index (χ2v) is 5.85. The number of aromatic nitrogens is 1. The molecule has 0 atom stereocenters. The number of nitrogens with one attached hydrogen (secondary N) is 1. The summed E-state index contributed by atoms with van der Waals surface area (Å²) in [5.41, 5.74) is 1.07. The molecule has 5 nitrogen and oxygen atoms in total. The molecule has 0 aliphatic carbocycles. The number of anilines is 1. The molecule has 2 N–H and O–H groups in total. The van der Waals surface area contributed by atoms with Gasteiger partial charge in [0, 0.05) is 17.8 Å². The molecule has 0 saturated heterocycles. The van der Waals surface area contributed by atoms with Gasteiger partial charge in [0.05, 0.1) is 5.56 Å². The normalized spacial score (nSPS) is 11.7. The van der Waals surface area contributed by atoms with Crippen LogP contribution < -0.4 is 5.32 Å². The second-order valence-electron chi connectivity index (χ2n) is 5.85. The molecule has 0 aromatic carbocycles. The topological polar surface area (TPSA) is 65.5 Å². The van der Waals surface area contributed by atoms with Crippen LogP contribution in [0.15, 0.2) is 12.1 Å². The van der Waals surface area contributed by atoms with Gasteiger partial charge in [-0.3, -0.25) is 0 Å². The molecule has 0 radical (unpaired) electrons. The summed E-state index contributed by atoms with van der Waals surface area (Å²) in [6.07, 6.45) is 1.73. The van der Waals surface area contributed by atoms with Crippen LogP contribution in [0.1, 0.15) is 43.2 Å². The molecular formula is C15H25N3O2. The highest BCUT2D eigenvalue weighted by Crippen LogP contribution is 2.15. The van der Waals surface area contributed by atoms with Gasteiger partial charge in [0.25, 0.3) is 0 Å². The first kappa shape index (κ1) is 16.4. The monoisotopic (exact) mass is 279 g/mol. The Morgan fingerprint density at radius 2 is 2.05 bits per heavy atom. The van der Waals surface area contributed by atoms with E-state index in [2.05, 4.69) is 36.0 Å². The molecule has 1 aromatic rings. The molecule has 1 heterocycles. The van der Waals surface area contributed by atoms with Crippen molar-refractivity contribution in [3.63, 3.8) is 0 Å². The summed E-state index contributed by atoms with van der Waals surface area (Å²) in [6, 6.07) is 3.24. The number of nitrogens with zero attached hydrogens (tertiary/aromatic N) is 2. The lowest BCUT2D eigenvalue weighted by Gasteiger charge is -2.32. The van der Waals surface area contributed by atoms with Gasteiger partial charge < -0.3 is 15.3 Å². The number of carboxylic acids is 1. The zero-order chi connectivity index (χ0) is 15.3. The van der Waals surface area contributed by atoms with Crippen molar-refractivity contribution in [3.05, 3.63) is 23.4 Å². The molecule has 0 amide bonds. The van der Waals surface area contributed by atoms with Crippen LogP contribution in [0.25, 0.3) is 0 Å². The molecule has 5 heteroatoms. The van der Waals surface area contributed by atoms with Crippen LogP contribution in [0.2, 0.25) is 0 Å².